The van der Waals surface area contributed by atoms with Crippen LogP contribution in [0.1, 0.15) is 5.56 Å². The van der Waals surface area contributed by atoms with Crippen molar-refractivity contribution < 1.29 is 24.2 Å². The molecule has 0 spiro atoms. The number of carboxylic acid groups (broad SMARTS) is 2. The predicted octanol–water partition coefficient (Wildman–Crippen LogP) is 1.45. The predicted molar refractivity (Wildman–Crippen MR) is 62.0 cm³/mol. The zero-order chi connectivity index (χ0) is 13.7. The third kappa shape index (κ3) is 4.68. The van der Waals surface area contributed by atoms with Crippen LogP contribution in [0.2, 0.25) is 5.02 Å². The second-order valence-corrected chi connectivity index (χ2v) is 4.08. The third-order valence-electron chi connectivity index (χ3n) is 2.13. The van der Waals surface area contributed by atoms with Crippen molar-refractivity contribution in [2.75, 3.05) is 13.1 Å². The van der Waals surface area contributed by atoms with Gasteiger partial charge in [-0.1, -0.05) is 17.7 Å². The summed E-state index contributed by atoms with van der Waals surface area (Å²) >= 11 is 5.79. The standard InChI is InChI=1S/C11H11ClFNO4/c12-9-3-8(13)2-1-7(9)4-14(5-10(15)16)6-11(17)18/h1-3H,4-6H2,(H,15,16)(H,17,18). The molecule has 0 aliphatic heterocycles. The molecule has 98 valence electrons. The number of carboxylic acids is 2. The molecule has 0 aromatic heterocycles. The Bertz CT molecular complexity index is 450. The largest absolute Gasteiger partial charge is 0.480 e. The highest BCUT2D eigenvalue weighted by molar-refractivity contribution is 6.31. The van der Waals surface area contributed by atoms with Gasteiger partial charge in [0.2, 0.25) is 0 Å². The molecule has 0 radical (unpaired) electrons. The molecule has 5 nitrogen and oxygen atoms in total. The summed E-state index contributed by atoms with van der Waals surface area (Å²) in [4.78, 5) is 22.4. The van der Waals surface area contributed by atoms with Gasteiger partial charge in [-0.3, -0.25) is 14.5 Å². The monoisotopic (exact) mass is 275 g/mol. The van der Waals surface area contributed by atoms with Crippen LogP contribution in [0.5, 0.6) is 0 Å². The van der Waals surface area contributed by atoms with E-state index in [9.17, 15) is 14.0 Å². The zero-order valence-corrected chi connectivity index (χ0v) is 10.0. The lowest BCUT2D eigenvalue weighted by atomic mass is 10.2. The molecular weight excluding hydrogens is 265 g/mol. The lowest BCUT2D eigenvalue weighted by Gasteiger charge is -2.18. The third-order valence-corrected chi connectivity index (χ3v) is 2.48. The van der Waals surface area contributed by atoms with E-state index >= 15 is 0 Å². The highest BCUT2D eigenvalue weighted by Crippen LogP contribution is 2.18. The van der Waals surface area contributed by atoms with Gasteiger partial charge in [-0.25, -0.2) is 4.39 Å². The molecule has 1 aromatic carbocycles. The number of hydrogen-bond donors (Lipinski definition) is 2. The van der Waals surface area contributed by atoms with Gasteiger partial charge in [-0.05, 0) is 17.7 Å². The maximum atomic E-state index is 12.8. The maximum absolute atomic E-state index is 12.8. The number of carbonyl (C=O) groups is 2. The summed E-state index contributed by atoms with van der Waals surface area (Å²) in [5, 5.41) is 17.5. The average molecular weight is 276 g/mol. The van der Waals surface area contributed by atoms with Gasteiger partial charge in [-0.2, -0.15) is 0 Å². The second-order valence-electron chi connectivity index (χ2n) is 3.67. The van der Waals surface area contributed by atoms with Crippen LogP contribution in [-0.4, -0.2) is 40.1 Å². The SMILES string of the molecule is O=C(O)CN(CC(=O)O)Cc1ccc(F)cc1Cl. The van der Waals surface area contributed by atoms with Gasteiger partial charge in [0.25, 0.3) is 0 Å². The summed E-state index contributed by atoms with van der Waals surface area (Å²) in [7, 11) is 0. The molecule has 0 saturated heterocycles. The van der Waals surface area contributed by atoms with Gasteiger partial charge in [0.1, 0.15) is 5.82 Å². The van der Waals surface area contributed by atoms with E-state index in [2.05, 4.69) is 0 Å². The van der Waals surface area contributed by atoms with E-state index in [-0.39, 0.29) is 11.6 Å². The van der Waals surface area contributed by atoms with Crippen LogP contribution in [0.25, 0.3) is 0 Å². The molecular formula is C11H11ClFNO4. The van der Waals surface area contributed by atoms with Gasteiger partial charge < -0.3 is 10.2 Å². The molecule has 0 saturated carbocycles. The van der Waals surface area contributed by atoms with Crippen molar-refractivity contribution in [2.24, 2.45) is 0 Å². The molecule has 2 N–H and O–H groups in total. The van der Waals surface area contributed by atoms with Crippen LogP contribution in [-0.2, 0) is 16.1 Å². The van der Waals surface area contributed by atoms with Crippen molar-refractivity contribution in [3.63, 3.8) is 0 Å². The highest BCUT2D eigenvalue weighted by atomic mass is 35.5. The first-order chi connectivity index (χ1) is 8.38. The summed E-state index contributed by atoms with van der Waals surface area (Å²) in [5.41, 5.74) is 0.473. The smallest absolute Gasteiger partial charge is 0.317 e. The van der Waals surface area contributed by atoms with E-state index < -0.39 is 30.8 Å². The molecule has 0 bridgehead atoms. The number of aliphatic carboxylic acids is 2. The van der Waals surface area contributed by atoms with Crippen LogP contribution >= 0.6 is 11.6 Å². The Balaban J connectivity index is 2.81. The zero-order valence-electron chi connectivity index (χ0n) is 9.27. The van der Waals surface area contributed by atoms with Gasteiger partial charge >= 0.3 is 11.9 Å². The lowest BCUT2D eigenvalue weighted by Crippen LogP contribution is -2.34. The minimum absolute atomic E-state index is 0.0255. The van der Waals surface area contributed by atoms with E-state index in [0.717, 1.165) is 6.07 Å². The van der Waals surface area contributed by atoms with E-state index in [0.29, 0.717) is 5.56 Å². The van der Waals surface area contributed by atoms with Crippen molar-refractivity contribution in [2.45, 2.75) is 6.54 Å². The molecule has 0 aliphatic rings. The van der Waals surface area contributed by atoms with E-state index in [1.807, 2.05) is 0 Å². The summed E-state index contributed by atoms with van der Waals surface area (Å²) in [6.07, 6.45) is 0. The molecule has 0 heterocycles. The van der Waals surface area contributed by atoms with Crippen molar-refractivity contribution >= 4 is 23.5 Å². The van der Waals surface area contributed by atoms with Crippen LogP contribution in [0, 0.1) is 5.82 Å². The quantitative estimate of drug-likeness (QED) is 0.822. The summed E-state index contributed by atoms with van der Waals surface area (Å²) in [5.74, 6) is -2.80. The van der Waals surface area contributed by atoms with Crippen molar-refractivity contribution in [1.29, 1.82) is 0 Å². The topological polar surface area (TPSA) is 77.8 Å². The fourth-order valence-electron chi connectivity index (χ4n) is 1.44. The molecule has 0 atom stereocenters. The molecule has 0 unspecified atom stereocenters. The van der Waals surface area contributed by atoms with E-state index in [4.69, 9.17) is 21.8 Å². The Hall–Kier alpha value is -1.66. The average Bonchev–Trinajstić information content (AvgIpc) is 2.20. The van der Waals surface area contributed by atoms with E-state index in [1.54, 1.807) is 0 Å². The molecule has 0 fully saturated rings. The number of hydrogen-bond acceptors (Lipinski definition) is 3. The Kier molecular flexibility index (Phi) is 5.06. The number of halogens is 2. The van der Waals surface area contributed by atoms with Gasteiger partial charge in [0, 0.05) is 11.6 Å². The maximum Gasteiger partial charge on any atom is 0.317 e. The first-order valence-electron chi connectivity index (χ1n) is 4.98. The fraction of sp³-hybridized carbons (Fsp3) is 0.273. The van der Waals surface area contributed by atoms with Crippen LogP contribution in [0.4, 0.5) is 4.39 Å². The van der Waals surface area contributed by atoms with Crippen molar-refractivity contribution in [1.82, 2.24) is 4.90 Å². The Labute approximate surface area is 107 Å². The second kappa shape index (κ2) is 6.32. The Morgan fingerprint density at radius 1 is 1.22 bits per heavy atom. The highest BCUT2D eigenvalue weighted by Gasteiger charge is 2.15. The molecule has 0 aliphatic carbocycles. The minimum atomic E-state index is -1.14. The summed E-state index contributed by atoms with van der Waals surface area (Å²) in [6, 6.07) is 3.67. The van der Waals surface area contributed by atoms with Gasteiger partial charge in [-0.15, -0.1) is 0 Å². The normalized spacial score (nSPS) is 10.6. The number of nitrogens with zero attached hydrogens (tertiary/aromatic N) is 1. The van der Waals surface area contributed by atoms with Crippen molar-refractivity contribution in [3.05, 3.63) is 34.6 Å². The van der Waals surface area contributed by atoms with Crippen molar-refractivity contribution in [3.8, 4) is 0 Å². The van der Waals surface area contributed by atoms with Crippen LogP contribution in [0.3, 0.4) is 0 Å². The number of benzene rings is 1. The van der Waals surface area contributed by atoms with Gasteiger partial charge in [0.15, 0.2) is 0 Å². The Morgan fingerprint density at radius 3 is 2.22 bits per heavy atom. The Morgan fingerprint density at radius 2 is 1.78 bits per heavy atom. The van der Waals surface area contributed by atoms with E-state index in [1.165, 1.54) is 17.0 Å². The molecule has 1 rings (SSSR count). The first kappa shape index (κ1) is 14.4. The molecule has 0 amide bonds. The fourth-order valence-corrected chi connectivity index (χ4v) is 1.67. The van der Waals surface area contributed by atoms with Gasteiger partial charge in [0.05, 0.1) is 13.1 Å². The van der Waals surface area contributed by atoms with Crippen LogP contribution in [0.15, 0.2) is 18.2 Å². The number of rotatable bonds is 6. The molecule has 1 aromatic rings. The summed E-state index contributed by atoms with van der Waals surface area (Å²) in [6.45, 7) is -0.836. The molecule has 18 heavy (non-hydrogen) atoms. The summed E-state index contributed by atoms with van der Waals surface area (Å²) < 4.78 is 12.8. The molecule has 7 heteroatoms. The van der Waals surface area contributed by atoms with Crippen LogP contribution < -0.4 is 0 Å². The lowest BCUT2D eigenvalue weighted by molar-refractivity contribution is -0.142. The minimum Gasteiger partial charge on any atom is -0.480 e. The first-order valence-corrected chi connectivity index (χ1v) is 5.36.